The van der Waals surface area contributed by atoms with Crippen molar-refractivity contribution in [3.8, 4) is 0 Å². The summed E-state index contributed by atoms with van der Waals surface area (Å²) < 4.78 is 35.5. The van der Waals surface area contributed by atoms with Gasteiger partial charge in [-0.2, -0.15) is 13.2 Å². The molecule has 2 N–H and O–H groups in total. The van der Waals surface area contributed by atoms with Crippen LogP contribution in [0, 0.1) is 0 Å². The average molecular weight is 256 g/mol. The van der Waals surface area contributed by atoms with E-state index in [-0.39, 0.29) is 13.2 Å². The van der Waals surface area contributed by atoms with Gasteiger partial charge in [0.15, 0.2) is 0 Å². The lowest BCUT2D eigenvalue weighted by molar-refractivity contribution is -0.139. The number of amides is 1. The van der Waals surface area contributed by atoms with Crippen molar-refractivity contribution in [2.75, 3.05) is 32.8 Å². The van der Waals surface area contributed by atoms with E-state index in [0.29, 0.717) is 13.1 Å². The van der Waals surface area contributed by atoms with Crippen LogP contribution in [-0.4, -0.2) is 54.9 Å². The number of rotatable bonds is 8. The fourth-order valence-corrected chi connectivity index (χ4v) is 1.25. The second-order valence-electron chi connectivity index (χ2n) is 3.75. The molecule has 0 heterocycles. The van der Waals surface area contributed by atoms with Crippen LogP contribution in [0.1, 0.15) is 19.8 Å². The molecule has 0 aromatic heterocycles. The van der Waals surface area contributed by atoms with Crippen LogP contribution in [-0.2, 0) is 4.79 Å². The SMILES string of the molecule is CCCCN(CCO)CC(=O)NCC(F)(F)F. The number of hydrogen-bond acceptors (Lipinski definition) is 3. The molecule has 0 spiro atoms. The molecular formula is C10H19F3N2O2. The summed E-state index contributed by atoms with van der Waals surface area (Å²) in [4.78, 5) is 12.8. The number of alkyl halides is 3. The fourth-order valence-electron chi connectivity index (χ4n) is 1.25. The van der Waals surface area contributed by atoms with Gasteiger partial charge in [0.05, 0.1) is 13.2 Å². The summed E-state index contributed by atoms with van der Waals surface area (Å²) in [6, 6.07) is 0. The Morgan fingerprint density at radius 3 is 2.47 bits per heavy atom. The Morgan fingerprint density at radius 1 is 1.35 bits per heavy atom. The number of carbonyl (C=O) groups excluding carboxylic acids is 1. The van der Waals surface area contributed by atoms with Crippen molar-refractivity contribution in [1.29, 1.82) is 0 Å². The van der Waals surface area contributed by atoms with E-state index in [9.17, 15) is 18.0 Å². The maximum absolute atomic E-state index is 11.8. The quantitative estimate of drug-likeness (QED) is 0.674. The first kappa shape index (κ1) is 16.2. The van der Waals surface area contributed by atoms with E-state index in [1.807, 2.05) is 6.92 Å². The molecule has 0 saturated carbocycles. The fraction of sp³-hybridized carbons (Fsp3) is 0.900. The van der Waals surface area contributed by atoms with Crippen molar-refractivity contribution >= 4 is 5.91 Å². The van der Waals surface area contributed by atoms with E-state index >= 15 is 0 Å². The molecule has 0 aromatic rings. The molecule has 102 valence electrons. The lowest BCUT2D eigenvalue weighted by atomic mass is 10.3. The minimum atomic E-state index is -4.39. The number of nitrogens with zero attached hydrogens (tertiary/aromatic N) is 1. The first-order valence-corrected chi connectivity index (χ1v) is 5.55. The first-order chi connectivity index (χ1) is 7.89. The van der Waals surface area contributed by atoms with Crippen molar-refractivity contribution in [1.82, 2.24) is 10.2 Å². The van der Waals surface area contributed by atoms with Gasteiger partial charge in [0.25, 0.3) is 0 Å². The summed E-state index contributed by atoms with van der Waals surface area (Å²) in [7, 11) is 0. The van der Waals surface area contributed by atoms with E-state index < -0.39 is 18.6 Å². The van der Waals surface area contributed by atoms with E-state index in [1.54, 1.807) is 10.2 Å². The molecule has 0 bridgehead atoms. The van der Waals surface area contributed by atoms with Crippen LogP contribution in [0.25, 0.3) is 0 Å². The molecule has 4 nitrogen and oxygen atoms in total. The topological polar surface area (TPSA) is 52.6 Å². The Bertz CT molecular complexity index is 222. The van der Waals surface area contributed by atoms with E-state index in [0.717, 1.165) is 12.8 Å². The summed E-state index contributed by atoms with van der Waals surface area (Å²) in [5, 5.41) is 10.6. The molecule has 17 heavy (non-hydrogen) atoms. The van der Waals surface area contributed by atoms with Crippen LogP contribution in [0.15, 0.2) is 0 Å². The number of halogens is 3. The summed E-state index contributed by atoms with van der Waals surface area (Å²) in [5.41, 5.74) is 0. The van der Waals surface area contributed by atoms with Gasteiger partial charge in [0, 0.05) is 6.54 Å². The number of nitrogens with one attached hydrogen (secondary N) is 1. The molecule has 7 heteroatoms. The zero-order valence-corrected chi connectivity index (χ0v) is 9.89. The number of hydrogen-bond donors (Lipinski definition) is 2. The predicted molar refractivity (Wildman–Crippen MR) is 57.5 cm³/mol. The van der Waals surface area contributed by atoms with Crippen molar-refractivity contribution < 1.29 is 23.1 Å². The molecule has 0 aromatic carbocycles. The normalized spacial score (nSPS) is 11.9. The Morgan fingerprint density at radius 2 is 2.00 bits per heavy atom. The lowest BCUT2D eigenvalue weighted by Crippen LogP contribution is -2.42. The molecule has 0 radical (unpaired) electrons. The highest BCUT2D eigenvalue weighted by molar-refractivity contribution is 5.78. The third kappa shape index (κ3) is 10.1. The molecular weight excluding hydrogens is 237 g/mol. The monoisotopic (exact) mass is 256 g/mol. The number of aliphatic hydroxyl groups is 1. The summed E-state index contributed by atoms with van der Waals surface area (Å²) in [6.45, 7) is 1.32. The molecule has 0 rings (SSSR count). The van der Waals surface area contributed by atoms with E-state index in [4.69, 9.17) is 5.11 Å². The second-order valence-corrected chi connectivity index (χ2v) is 3.75. The van der Waals surface area contributed by atoms with Crippen LogP contribution in [0.2, 0.25) is 0 Å². The van der Waals surface area contributed by atoms with Gasteiger partial charge in [-0.1, -0.05) is 13.3 Å². The Labute approximate surface area is 98.8 Å². The van der Waals surface area contributed by atoms with Crippen molar-refractivity contribution in [3.05, 3.63) is 0 Å². The summed E-state index contributed by atoms with van der Waals surface area (Å²) in [5.74, 6) is -0.674. The van der Waals surface area contributed by atoms with Crippen molar-refractivity contribution in [2.45, 2.75) is 25.9 Å². The third-order valence-corrected chi connectivity index (χ3v) is 2.10. The second kappa shape index (κ2) is 8.30. The minimum Gasteiger partial charge on any atom is -0.395 e. The highest BCUT2D eigenvalue weighted by atomic mass is 19.4. The first-order valence-electron chi connectivity index (χ1n) is 5.55. The zero-order chi connectivity index (χ0) is 13.3. The highest BCUT2D eigenvalue weighted by Gasteiger charge is 2.27. The third-order valence-electron chi connectivity index (χ3n) is 2.10. The van der Waals surface area contributed by atoms with E-state index in [1.165, 1.54) is 0 Å². The maximum atomic E-state index is 11.8. The predicted octanol–water partition coefficient (Wildman–Crippen LogP) is 0.759. The van der Waals surface area contributed by atoms with Gasteiger partial charge in [0.1, 0.15) is 6.54 Å². The van der Waals surface area contributed by atoms with Crippen LogP contribution in [0.4, 0.5) is 13.2 Å². The molecule has 0 saturated heterocycles. The van der Waals surface area contributed by atoms with Gasteiger partial charge < -0.3 is 10.4 Å². The number of carbonyl (C=O) groups is 1. The molecule has 0 aliphatic rings. The smallest absolute Gasteiger partial charge is 0.395 e. The Kier molecular flexibility index (Phi) is 7.90. The molecule has 1 amide bonds. The summed E-state index contributed by atoms with van der Waals surface area (Å²) >= 11 is 0. The van der Waals surface area contributed by atoms with Crippen LogP contribution < -0.4 is 5.32 Å². The van der Waals surface area contributed by atoms with Gasteiger partial charge in [-0.25, -0.2) is 0 Å². The number of aliphatic hydroxyl groups excluding tert-OH is 1. The van der Waals surface area contributed by atoms with Crippen molar-refractivity contribution in [2.24, 2.45) is 0 Å². The van der Waals surface area contributed by atoms with Crippen LogP contribution >= 0.6 is 0 Å². The summed E-state index contributed by atoms with van der Waals surface area (Å²) in [6.07, 6.45) is -2.63. The lowest BCUT2D eigenvalue weighted by Gasteiger charge is -2.20. The van der Waals surface area contributed by atoms with Gasteiger partial charge in [0.2, 0.25) is 5.91 Å². The maximum Gasteiger partial charge on any atom is 0.405 e. The number of unbranched alkanes of at least 4 members (excludes halogenated alkanes) is 1. The minimum absolute atomic E-state index is 0.114. The van der Waals surface area contributed by atoms with E-state index in [2.05, 4.69) is 0 Å². The van der Waals surface area contributed by atoms with Crippen LogP contribution in [0.3, 0.4) is 0 Å². The molecule has 0 atom stereocenters. The molecule has 0 aliphatic heterocycles. The highest BCUT2D eigenvalue weighted by Crippen LogP contribution is 2.11. The molecule has 0 aliphatic carbocycles. The van der Waals surface area contributed by atoms with Gasteiger partial charge in [-0.3, -0.25) is 9.69 Å². The Balaban J connectivity index is 3.94. The zero-order valence-electron chi connectivity index (χ0n) is 9.89. The van der Waals surface area contributed by atoms with Crippen LogP contribution in [0.5, 0.6) is 0 Å². The van der Waals surface area contributed by atoms with Gasteiger partial charge >= 0.3 is 6.18 Å². The van der Waals surface area contributed by atoms with Gasteiger partial charge in [-0.05, 0) is 13.0 Å². The standard InChI is InChI=1S/C10H19F3N2O2/c1-2-3-4-15(5-6-16)7-9(17)14-8-10(11,12)13/h16H,2-8H2,1H3,(H,14,17). The van der Waals surface area contributed by atoms with Crippen molar-refractivity contribution in [3.63, 3.8) is 0 Å². The largest absolute Gasteiger partial charge is 0.405 e. The average Bonchev–Trinajstić information content (AvgIpc) is 2.22. The Hall–Kier alpha value is -0.820. The molecule has 0 unspecified atom stereocenters. The van der Waals surface area contributed by atoms with Gasteiger partial charge in [-0.15, -0.1) is 0 Å². The molecule has 0 fully saturated rings.